The second kappa shape index (κ2) is 6.53. The fourth-order valence-corrected chi connectivity index (χ4v) is 3.63. The molecular weight excluding hydrogens is 310 g/mol. The topological polar surface area (TPSA) is 17.8 Å². The lowest BCUT2D eigenvalue weighted by molar-refractivity contribution is 0.457. The van der Waals surface area contributed by atoms with E-state index in [2.05, 4.69) is 9.55 Å². The fourth-order valence-electron chi connectivity index (χ4n) is 3.31. The van der Waals surface area contributed by atoms with E-state index in [1.807, 2.05) is 0 Å². The maximum atomic E-state index is 13.6. The Morgan fingerprint density at radius 1 is 1.29 bits per heavy atom. The molecule has 0 spiro atoms. The Balaban J connectivity index is 1.92. The molecule has 0 bridgehead atoms. The first-order valence-corrected chi connectivity index (χ1v) is 8.50. The van der Waals surface area contributed by atoms with Crippen LogP contribution in [0.2, 0.25) is 5.02 Å². The summed E-state index contributed by atoms with van der Waals surface area (Å²) in [6.07, 6.45) is 7.19. The van der Waals surface area contributed by atoms with Gasteiger partial charge in [-0.1, -0.05) is 37.3 Å². The van der Waals surface area contributed by atoms with E-state index in [-0.39, 0.29) is 5.02 Å². The Bertz CT molecular complexity index is 633. The van der Waals surface area contributed by atoms with Crippen LogP contribution < -0.4 is 0 Å². The van der Waals surface area contributed by atoms with Crippen LogP contribution in [0.1, 0.15) is 37.9 Å². The second-order valence-electron chi connectivity index (χ2n) is 5.81. The number of aryl methyl sites for hydroxylation is 2. The standard InChI is InChI=1S/C16H19Cl2FN2/c17-7-5-16-20-14-10-13(19)12(18)9-15(14)21(16)8-6-11-3-1-2-4-11/h9-11H,1-8H2. The molecule has 1 aliphatic carbocycles. The molecule has 2 nitrogen and oxygen atoms in total. The van der Waals surface area contributed by atoms with Crippen LogP contribution in [0.5, 0.6) is 0 Å². The molecule has 1 heterocycles. The highest BCUT2D eigenvalue weighted by Gasteiger charge is 2.18. The van der Waals surface area contributed by atoms with Gasteiger partial charge in [-0.15, -0.1) is 11.6 Å². The molecule has 1 aromatic carbocycles. The number of alkyl halides is 1. The highest BCUT2D eigenvalue weighted by Crippen LogP contribution is 2.30. The van der Waals surface area contributed by atoms with E-state index in [0.29, 0.717) is 17.8 Å². The number of rotatable bonds is 5. The number of nitrogens with zero attached hydrogens (tertiary/aromatic N) is 2. The van der Waals surface area contributed by atoms with Crippen LogP contribution in [0.4, 0.5) is 4.39 Å². The zero-order valence-electron chi connectivity index (χ0n) is 11.9. The Morgan fingerprint density at radius 2 is 2.05 bits per heavy atom. The molecule has 1 saturated carbocycles. The van der Waals surface area contributed by atoms with E-state index in [9.17, 15) is 4.39 Å². The first-order chi connectivity index (χ1) is 10.2. The van der Waals surface area contributed by atoms with Crippen molar-refractivity contribution in [1.29, 1.82) is 0 Å². The first-order valence-electron chi connectivity index (χ1n) is 7.59. The number of benzene rings is 1. The van der Waals surface area contributed by atoms with Crippen LogP contribution in [0.3, 0.4) is 0 Å². The van der Waals surface area contributed by atoms with Crippen molar-refractivity contribution in [3.8, 4) is 0 Å². The predicted octanol–water partition coefficient (Wildman–Crippen LogP) is 5.19. The van der Waals surface area contributed by atoms with Crippen molar-refractivity contribution in [3.05, 3.63) is 28.8 Å². The van der Waals surface area contributed by atoms with Gasteiger partial charge in [-0.05, 0) is 18.4 Å². The van der Waals surface area contributed by atoms with Gasteiger partial charge < -0.3 is 4.57 Å². The van der Waals surface area contributed by atoms with Crippen molar-refractivity contribution in [2.45, 2.75) is 45.1 Å². The Morgan fingerprint density at radius 3 is 2.76 bits per heavy atom. The van der Waals surface area contributed by atoms with Crippen molar-refractivity contribution >= 4 is 34.2 Å². The van der Waals surface area contributed by atoms with Crippen molar-refractivity contribution in [2.24, 2.45) is 5.92 Å². The van der Waals surface area contributed by atoms with Crippen molar-refractivity contribution < 1.29 is 4.39 Å². The van der Waals surface area contributed by atoms with Gasteiger partial charge in [0.25, 0.3) is 0 Å². The molecule has 114 valence electrons. The zero-order chi connectivity index (χ0) is 14.8. The number of hydrogen-bond acceptors (Lipinski definition) is 1. The highest BCUT2D eigenvalue weighted by atomic mass is 35.5. The molecule has 5 heteroatoms. The minimum Gasteiger partial charge on any atom is -0.328 e. The van der Waals surface area contributed by atoms with Crippen molar-refractivity contribution in [1.82, 2.24) is 9.55 Å². The lowest BCUT2D eigenvalue weighted by atomic mass is 10.0. The minimum atomic E-state index is -0.415. The van der Waals surface area contributed by atoms with Gasteiger partial charge in [0.2, 0.25) is 0 Å². The van der Waals surface area contributed by atoms with Gasteiger partial charge in [0.05, 0.1) is 16.1 Å². The van der Waals surface area contributed by atoms with E-state index in [1.54, 1.807) is 6.07 Å². The van der Waals surface area contributed by atoms with E-state index >= 15 is 0 Å². The summed E-state index contributed by atoms with van der Waals surface area (Å²) in [5, 5.41) is 0.155. The number of halogens is 3. The van der Waals surface area contributed by atoms with E-state index in [4.69, 9.17) is 23.2 Å². The molecule has 21 heavy (non-hydrogen) atoms. The quantitative estimate of drug-likeness (QED) is 0.690. The van der Waals surface area contributed by atoms with E-state index in [0.717, 1.165) is 30.2 Å². The van der Waals surface area contributed by atoms with Gasteiger partial charge >= 0.3 is 0 Å². The predicted molar refractivity (Wildman–Crippen MR) is 85.7 cm³/mol. The fraction of sp³-hybridized carbons (Fsp3) is 0.562. The largest absolute Gasteiger partial charge is 0.328 e. The summed E-state index contributed by atoms with van der Waals surface area (Å²) in [6, 6.07) is 3.10. The molecule has 0 N–H and O–H groups in total. The highest BCUT2D eigenvalue weighted by molar-refractivity contribution is 6.31. The number of hydrogen-bond donors (Lipinski definition) is 0. The first kappa shape index (κ1) is 15.1. The molecule has 1 fully saturated rings. The molecule has 0 aliphatic heterocycles. The van der Waals surface area contributed by atoms with Crippen LogP contribution >= 0.6 is 23.2 Å². The lowest BCUT2D eigenvalue weighted by Gasteiger charge is -2.12. The van der Waals surface area contributed by atoms with Crippen LogP contribution in [-0.4, -0.2) is 15.4 Å². The summed E-state index contributed by atoms with van der Waals surface area (Å²) < 4.78 is 15.8. The Kier molecular flexibility index (Phi) is 4.70. The van der Waals surface area contributed by atoms with Crippen LogP contribution in [-0.2, 0) is 13.0 Å². The van der Waals surface area contributed by atoms with Gasteiger partial charge in [-0.3, -0.25) is 0 Å². The van der Waals surface area contributed by atoms with E-state index < -0.39 is 5.82 Å². The van der Waals surface area contributed by atoms with Crippen LogP contribution in [0.25, 0.3) is 11.0 Å². The van der Waals surface area contributed by atoms with Gasteiger partial charge in [0.1, 0.15) is 11.6 Å². The molecule has 0 saturated heterocycles. The number of aromatic nitrogens is 2. The van der Waals surface area contributed by atoms with Crippen molar-refractivity contribution in [2.75, 3.05) is 5.88 Å². The molecule has 0 atom stereocenters. The van der Waals surface area contributed by atoms with Crippen molar-refractivity contribution in [3.63, 3.8) is 0 Å². The third-order valence-corrected chi connectivity index (χ3v) is 4.90. The summed E-state index contributed by atoms with van der Waals surface area (Å²) in [5.74, 6) is 1.84. The van der Waals surface area contributed by atoms with Crippen LogP contribution in [0, 0.1) is 11.7 Å². The Hall–Kier alpha value is -0.800. The van der Waals surface area contributed by atoms with Gasteiger partial charge in [0.15, 0.2) is 0 Å². The van der Waals surface area contributed by atoms with Gasteiger partial charge in [-0.25, -0.2) is 9.37 Å². The monoisotopic (exact) mass is 328 g/mol. The summed E-state index contributed by atoms with van der Waals surface area (Å²) in [5.41, 5.74) is 1.59. The average Bonchev–Trinajstić information content (AvgIpc) is 3.06. The number of imidazole rings is 1. The normalized spacial score (nSPS) is 16.1. The maximum Gasteiger partial charge on any atom is 0.144 e. The molecule has 3 rings (SSSR count). The lowest BCUT2D eigenvalue weighted by Crippen LogP contribution is -2.08. The third-order valence-electron chi connectivity index (χ3n) is 4.42. The SMILES string of the molecule is Fc1cc2nc(CCCl)n(CCC3CCCC3)c2cc1Cl. The third kappa shape index (κ3) is 3.19. The summed E-state index contributed by atoms with van der Waals surface area (Å²) in [4.78, 5) is 4.53. The minimum absolute atomic E-state index is 0.155. The smallest absolute Gasteiger partial charge is 0.144 e. The molecule has 0 radical (unpaired) electrons. The average molecular weight is 329 g/mol. The number of fused-ring (bicyclic) bond motifs is 1. The summed E-state index contributed by atoms with van der Waals surface area (Å²) in [6.45, 7) is 0.912. The maximum absolute atomic E-state index is 13.6. The molecule has 2 aromatic rings. The molecule has 1 aliphatic rings. The van der Waals surface area contributed by atoms with E-state index in [1.165, 1.54) is 31.7 Å². The van der Waals surface area contributed by atoms with Gasteiger partial charge in [-0.2, -0.15) is 0 Å². The molecule has 0 unspecified atom stereocenters. The Labute approximate surface area is 134 Å². The molecule has 1 aromatic heterocycles. The second-order valence-corrected chi connectivity index (χ2v) is 6.60. The molecule has 0 amide bonds. The zero-order valence-corrected chi connectivity index (χ0v) is 13.4. The van der Waals surface area contributed by atoms with Crippen LogP contribution in [0.15, 0.2) is 12.1 Å². The summed E-state index contributed by atoms with van der Waals surface area (Å²) in [7, 11) is 0. The molecular formula is C16H19Cl2FN2. The van der Waals surface area contributed by atoms with Gasteiger partial charge in [0, 0.05) is 24.9 Å². The summed E-state index contributed by atoms with van der Waals surface area (Å²) >= 11 is 11.8.